The van der Waals surface area contributed by atoms with Crippen molar-refractivity contribution in [2.24, 2.45) is 12.2 Å². The Bertz CT molecular complexity index is 1190. The van der Waals surface area contributed by atoms with Gasteiger partial charge in [0, 0.05) is 40.9 Å². The molecule has 0 aliphatic heterocycles. The van der Waals surface area contributed by atoms with Crippen molar-refractivity contribution in [1.82, 2.24) is 9.88 Å². The Morgan fingerprint density at radius 2 is 2.10 bits per heavy atom. The van der Waals surface area contributed by atoms with Crippen molar-refractivity contribution >= 4 is 45.3 Å². The lowest BCUT2D eigenvalue weighted by atomic mass is 10.1. The van der Waals surface area contributed by atoms with Gasteiger partial charge in [-0.05, 0) is 23.2 Å². The number of hydrogen-bond acceptors (Lipinski definition) is 5. The highest BCUT2D eigenvalue weighted by Gasteiger charge is 2.19. The molecule has 8 nitrogen and oxygen atoms in total. The SMILES string of the molecule is Cn1cc(CC(=O)NCc2ccc(Cl)cc2)c(=O)c2sc(C=O)c(CN=[N+]=[N-])c21. The highest BCUT2D eigenvalue weighted by atomic mass is 35.5. The second kappa shape index (κ2) is 8.91. The Labute approximate surface area is 174 Å². The topological polar surface area (TPSA) is 117 Å². The zero-order valence-corrected chi connectivity index (χ0v) is 17.0. The third kappa shape index (κ3) is 4.48. The molecule has 2 aromatic heterocycles. The van der Waals surface area contributed by atoms with Crippen molar-refractivity contribution in [3.8, 4) is 0 Å². The summed E-state index contributed by atoms with van der Waals surface area (Å²) < 4.78 is 2.05. The summed E-state index contributed by atoms with van der Waals surface area (Å²) in [6, 6.07) is 7.10. The zero-order chi connectivity index (χ0) is 21.0. The molecule has 0 bridgehead atoms. The van der Waals surface area contributed by atoms with Crippen LogP contribution in [0, 0.1) is 0 Å². The van der Waals surface area contributed by atoms with Gasteiger partial charge in [-0.2, -0.15) is 0 Å². The molecule has 2 heterocycles. The Balaban J connectivity index is 1.86. The van der Waals surface area contributed by atoms with Crippen LogP contribution < -0.4 is 10.7 Å². The van der Waals surface area contributed by atoms with E-state index in [1.54, 1.807) is 29.9 Å². The number of hydrogen-bond donors (Lipinski definition) is 1. The van der Waals surface area contributed by atoms with Crippen LogP contribution in [-0.2, 0) is 31.4 Å². The molecule has 1 aromatic carbocycles. The minimum Gasteiger partial charge on any atom is -0.352 e. The quantitative estimate of drug-likeness (QED) is 0.267. The molecule has 0 aliphatic rings. The number of azide groups is 1. The van der Waals surface area contributed by atoms with E-state index in [4.69, 9.17) is 17.1 Å². The largest absolute Gasteiger partial charge is 0.352 e. The number of nitrogens with one attached hydrogen (secondary N) is 1. The van der Waals surface area contributed by atoms with Crippen LogP contribution in [-0.4, -0.2) is 16.8 Å². The van der Waals surface area contributed by atoms with Gasteiger partial charge in [-0.25, -0.2) is 0 Å². The van der Waals surface area contributed by atoms with Crippen molar-refractivity contribution in [2.75, 3.05) is 0 Å². The lowest BCUT2D eigenvalue weighted by Gasteiger charge is -2.09. The number of thiophene rings is 1. The van der Waals surface area contributed by atoms with E-state index in [2.05, 4.69) is 15.3 Å². The predicted molar refractivity (Wildman–Crippen MR) is 112 cm³/mol. The van der Waals surface area contributed by atoms with Gasteiger partial charge in [0.2, 0.25) is 11.3 Å². The minimum absolute atomic E-state index is 0.0290. The van der Waals surface area contributed by atoms with Crippen molar-refractivity contribution in [3.63, 3.8) is 0 Å². The number of benzene rings is 1. The minimum atomic E-state index is -0.306. The number of aromatic nitrogens is 1. The van der Waals surface area contributed by atoms with Gasteiger partial charge >= 0.3 is 0 Å². The van der Waals surface area contributed by atoms with Gasteiger partial charge in [0.15, 0.2) is 6.29 Å². The Morgan fingerprint density at radius 3 is 2.76 bits per heavy atom. The van der Waals surface area contributed by atoms with E-state index in [0.29, 0.717) is 44.1 Å². The summed E-state index contributed by atoms with van der Waals surface area (Å²) >= 11 is 6.88. The number of nitrogens with zero attached hydrogens (tertiary/aromatic N) is 4. The molecule has 0 saturated heterocycles. The number of aryl methyl sites for hydroxylation is 1. The van der Waals surface area contributed by atoms with Gasteiger partial charge < -0.3 is 9.88 Å². The fourth-order valence-corrected chi connectivity index (χ4v) is 4.28. The van der Waals surface area contributed by atoms with E-state index in [1.807, 2.05) is 12.1 Å². The number of pyridine rings is 1. The molecule has 0 fully saturated rings. The molecule has 148 valence electrons. The standard InChI is InChI=1S/C19H16ClN5O3S/c1-25-9-12(6-16(27)22-7-11-2-4-13(20)5-3-11)18(28)19-17(25)14(8-23-24-21)15(10-26)29-19/h2-5,9-10H,6-8H2,1H3,(H,22,27). The molecule has 0 spiro atoms. The number of amides is 1. The van der Waals surface area contributed by atoms with Crippen LogP contribution in [0.2, 0.25) is 5.02 Å². The average Bonchev–Trinajstić information content (AvgIpc) is 3.09. The van der Waals surface area contributed by atoms with Gasteiger partial charge in [0.1, 0.15) is 0 Å². The fourth-order valence-electron chi connectivity index (χ4n) is 3.02. The molecular weight excluding hydrogens is 414 g/mol. The summed E-state index contributed by atoms with van der Waals surface area (Å²) in [6.45, 7) is 0.294. The first-order valence-corrected chi connectivity index (χ1v) is 9.75. The molecular formula is C19H16ClN5O3S. The third-order valence-electron chi connectivity index (χ3n) is 4.36. The molecule has 0 radical (unpaired) electrons. The van der Waals surface area contributed by atoms with E-state index in [0.717, 1.165) is 16.9 Å². The first-order valence-electron chi connectivity index (χ1n) is 8.55. The number of rotatable bonds is 7. The average molecular weight is 430 g/mol. The molecule has 0 atom stereocenters. The van der Waals surface area contributed by atoms with Gasteiger partial charge in [0.05, 0.1) is 28.1 Å². The summed E-state index contributed by atoms with van der Waals surface area (Å²) in [6.07, 6.45) is 2.13. The Kier molecular flexibility index (Phi) is 6.33. The highest BCUT2D eigenvalue weighted by molar-refractivity contribution is 7.20. The molecule has 0 saturated carbocycles. The molecule has 10 heteroatoms. The monoisotopic (exact) mass is 429 g/mol. The molecule has 0 aliphatic carbocycles. The van der Waals surface area contributed by atoms with Gasteiger partial charge in [-0.3, -0.25) is 14.4 Å². The van der Waals surface area contributed by atoms with Crippen LogP contribution in [0.15, 0.2) is 40.4 Å². The number of aldehydes is 1. The van der Waals surface area contributed by atoms with E-state index >= 15 is 0 Å². The van der Waals surface area contributed by atoms with Crippen molar-refractivity contribution in [1.29, 1.82) is 0 Å². The molecule has 0 unspecified atom stereocenters. The maximum absolute atomic E-state index is 12.9. The first-order chi connectivity index (χ1) is 13.9. The fraction of sp³-hybridized carbons (Fsp3) is 0.211. The Morgan fingerprint density at radius 1 is 1.38 bits per heavy atom. The summed E-state index contributed by atoms with van der Waals surface area (Å²) in [7, 11) is 1.72. The predicted octanol–water partition coefficient (Wildman–Crippen LogP) is 3.74. The lowest BCUT2D eigenvalue weighted by Crippen LogP contribution is -2.27. The molecule has 29 heavy (non-hydrogen) atoms. The van der Waals surface area contributed by atoms with Crippen LogP contribution in [0.1, 0.15) is 26.4 Å². The van der Waals surface area contributed by atoms with Crippen LogP contribution in [0.3, 0.4) is 0 Å². The van der Waals surface area contributed by atoms with Crippen molar-refractivity contribution in [3.05, 3.63) is 77.7 Å². The zero-order valence-electron chi connectivity index (χ0n) is 15.4. The molecule has 3 rings (SSSR count). The number of carbonyl (C=O) groups is 2. The molecule has 3 aromatic rings. The maximum atomic E-state index is 12.9. The number of carbonyl (C=O) groups excluding carboxylic acids is 2. The van der Waals surface area contributed by atoms with E-state index in [-0.39, 0.29) is 24.3 Å². The molecule has 1 N–H and O–H groups in total. The number of fused-ring (bicyclic) bond motifs is 1. The molecule has 1 amide bonds. The summed E-state index contributed by atoms with van der Waals surface area (Å²) in [5.74, 6) is -0.294. The number of halogens is 1. The summed E-state index contributed by atoms with van der Waals surface area (Å²) in [4.78, 5) is 39.6. The van der Waals surface area contributed by atoms with Crippen molar-refractivity contribution in [2.45, 2.75) is 19.5 Å². The van der Waals surface area contributed by atoms with Gasteiger partial charge in [-0.15, -0.1) is 11.3 Å². The van der Waals surface area contributed by atoms with Crippen LogP contribution >= 0.6 is 22.9 Å². The smallest absolute Gasteiger partial charge is 0.224 e. The third-order valence-corrected chi connectivity index (χ3v) is 5.76. The lowest BCUT2D eigenvalue weighted by molar-refractivity contribution is -0.120. The second-order valence-electron chi connectivity index (χ2n) is 6.30. The van der Waals surface area contributed by atoms with E-state index in [9.17, 15) is 14.4 Å². The van der Waals surface area contributed by atoms with Crippen LogP contribution in [0.25, 0.3) is 20.7 Å². The van der Waals surface area contributed by atoms with Crippen LogP contribution in [0.5, 0.6) is 0 Å². The van der Waals surface area contributed by atoms with Crippen molar-refractivity contribution < 1.29 is 9.59 Å². The normalized spacial score (nSPS) is 10.6. The second-order valence-corrected chi connectivity index (χ2v) is 7.79. The summed E-state index contributed by atoms with van der Waals surface area (Å²) in [5.41, 5.74) is 10.5. The Hall–Kier alpha value is -3.13. The van der Waals surface area contributed by atoms with Gasteiger partial charge in [-0.1, -0.05) is 28.8 Å². The van der Waals surface area contributed by atoms with E-state index in [1.165, 1.54) is 0 Å². The highest BCUT2D eigenvalue weighted by Crippen LogP contribution is 2.29. The van der Waals surface area contributed by atoms with E-state index < -0.39 is 0 Å². The van der Waals surface area contributed by atoms with Crippen LogP contribution in [0.4, 0.5) is 0 Å². The first kappa shape index (κ1) is 20.6. The van der Waals surface area contributed by atoms with Gasteiger partial charge in [0.25, 0.3) is 0 Å². The summed E-state index contributed by atoms with van der Waals surface area (Å²) in [5, 5.41) is 6.91. The maximum Gasteiger partial charge on any atom is 0.224 e.